The van der Waals surface area contributed by atoms with Crippen LogP contribution in [0.1, 0.15) is 400 Å². The number of hydrogen-bond acceptors (Lipinski definition) is 2. The highest BCUT2D eigenvalue weighted by molar-refractivity contribution is 5.94. The van der Waals surface area contributed by atoms with Gasteiger partial charge >= 0.3 is 0 Å². The minimum absolute atomic E-state index is 0.0767. The van der Waals surface area contributed by atoms with Gasteiger partial charge in [0.15, 0.2) is 0 Å². The van der Waals surface area contributed by atoms with Crippen molar-refractivity contribution in [3.05, 3.63) is 406 Å². The maximum atomic E-state index is 4.19. The Kier molecular flexibility index (Phi) is 36.0. The van der Waals surface area contributed by atoms with Crippen LogP contribution < -0.4 is 9.80 Å². The monoisotopic (exact) mass is 1950 g/mol. The average Bonchev–Trinajstić information content (AvgIpc) is 1.53. The van der Waals surface area contributed by atoms with E-state index < -0.39 is 5.41 Å². The molecular formula is C146H172N2. The van der Waals surface area contributed by atoms with Crippen LogP contribution >= 0.6 is 0 Å². The molecule has 0 fully saturated rings. The van der Waals surface area contributed by atoms with Crippen molar-refractivity contribution in [2.75, 3.05) is 9.80 Å². The van der Waals surface area contributed by atoms with Crippen LogP contribution in [0.15, 0.2) is 316 Å². The molecule has 0 N–H and O–H groups in total. The summed E-state index contributed by atoms with van der Waals surface area (Å²) in [5.74, 6) is 0. The van der Waals surface area contributed by atoms with Crippen LogP contribution in [0, 0.1) is 27.7 Å². The van der Waals surface area contributed by atoms with Gasteiger partial charge in [-0.05, 0) is 359 Å². The number of hydrogen-bond donors (Lipinski definition) is 0. The summed E-state index contributed by atoms with van der Waals surface area (Å²) < 4.78 is 0. The maximum absolute atomic E-state index is 4.19. The zero-order valence-corrected chi connectivity index (χ0v) is 92.3. The van der Waals surface area contributed by atoms with Crippen LogP contribution in [0.4, 0.5) is 34.1 Å². The summed E-state index contributed by atoms with van der Waals surface area (Å²) >= 11 is 0. The van der Waals surface area contributed by atoms with Crippen molar-refractivity contribution in [1.82, 2.24) is 0 Å². The Hall–Kier alpha value is -11.8. The molecule has 0 aliphatic heterocycles. The lowest BCUT2D eigenvalue weighted by Gasteiger charge is -2.35. The molecule has 0 radical (unpaired) electrons. The van der Waals surface area contributed by atoms with Gasteiger partial charge in [0.05, 0.1) is 5.41 Å². The molecule has 0 saturated carbocycles. The number of unbranched alkanes of at least 4 members (excludes halogenated alkanes) is 28. The smallest absolute Gasteiger partial charge is 0.0714 e. The van der Waals surface area contributed by atoms with E-state index in [1.807, 2.05) is 0 Å². The SMILES string of the molecule is C=CCCCC1(CCCC=C)c2cc(C)ccc2-c2ccc(-c3ccc(N(c4ccc(C)cc4)c4ccc5c(c4)C(CCCCCCCC)(CCCCCCCC)c4cc(N(c6ccc(C)cc6)c6ccc(-c7ccc8c(c7)C(CCCCCCCC)(CCCCCCCC)c7cc(-c9ccc%10c(c9)C(c9cccc(CCCCCC)c9)(c9cccc(CCCCCC)c9)c9cc(C)ccc9-%10)ccc7-8)cc6)ccc4-5)cc3)cc21. The van der Waals surface area contributed by atoms with E-state index in [1.165, 1.54) is 390 Å². The number of nitrogens with zero attached hydrogens (tertiary/aromatic N) is 2. The Labute approximate surface area is 894 Å². The van der Waals surface area contributed by atoms with Gasteiger partial charge in [0.2, 0.25) is 0 Å². The molecule has 0 aromatic heterocycles. The van der Waals surface area contributed by atoms with Crippen molar-refractivity contribution >= 4 is 34.1 Å². The third-order valence-corrected chi connectivity index (χ3v) is 35.1. The predicted molar refractivity (Wildman–Crippen MR) is 643 cm³/mol. The van der Waals surface area contributed by atoms with Crippen molar-refractivity contribution in [3.63, 3.8) is 0 Å². The zero-order valence-electron chi connectivity index (χ0n) is 92.3. The number of anilines is 6. The molecule has 4 aliphatic carbocycles. The summed E-state index contributed by atoms with van der Waals surface area (Å²) in [6.45, 7) is 31.5. The molecule has 2 nitrogen and oxygen atoms in total. The summed E-state index contributed by atoms with van der Waals surface area (Å²) in [5, 5.41) is 0. The highest BCUT2D eigenvalue weighted by atomic mass is 15.1. The summed E-state index contributed by atoms with van der Waals surface area (Å²) in [7, 11) is 0. The third-order valence-electron chi connectivity index (χ3n) is 35.1. The second-order valence-electron chi connectivity index (χ2n) is 45.5. The maximum Gasteiger partial charge on any atom is 0.0714 e. The van der Waals surface area contributed by atoms with E-state index in [2.05, 4.69) is 396 Å². The molecule has 0 saturated heterocycles. The van der Waals surface area contributed by atoms with Gasteiger partial charge in [0, 0.05) is 50.4 Å². The van der Waals surface area contributed by atoms with Gasteiger partial charge in [0.25, 0.3) is 0 Å². The van der Waals surface area contributed by atoms with E-state index >= 15 is 0 Å². The first-order valence-electron chi connectivity index (χ1n) is 59.1. The minimum Gasteiger partial charge on any atom is -0.310 e. The number of aryl methyl sites for hydroxylation is 6. The second-order valence-corrected chi connectivity index (χ2v) is 45.5. The van der Waals surface area contributed by atoms with E-state index in [0.29, 0.717) is 0 Å². The average molecular weight is 1950 g/mol. The van der Waals surface area contributed by atoms with Crippen LogP contribution in [0.3, 0.4) is 0 Å². The first kappa shape index (κ1) is 106. The molecule has 0 atom stereocenters. The normalized spacial score (nSPS) is 13.7. The Bertz CT molecular complexity index is 6680. The summed E-state index contributed by atoms with van der Waals surface area (Å²) in [6.07, 6.45) is 57.8. The van der Waals surface area contributed by atoms with Crippen molar-refractivity contribution < 1.29 is 0 Å². The predicted octanol–water partition coefficient (Wildman–Crippen LogP) is 44.0. The molecule has 0 amide bonds. The van der Waals surface area contributed by atoms with Crippen LogP contribution in [0.2, 0.25) is 0 Å². The van der Waals surface area contributed by atoms with Crippen molar-refractivity contribution in [1.29, 1.82) is 0 Å². The molecule has 0 unspecified atom stereocenters. The molecule has 0 bridgehead atoms. The first-order valence-corrected chi connectivity index (χ1v) is 59.1. The summed E-state index contributed by atoms with van der Waals surface area (Å²) in [5.41, 5.74) is 47.8. The number of benzene rings is 14. The lowest BCUT2D eigenvalue weighted by Crippen LogP contribution is -2.29. The summed E-state index contributed by atoms with van der Waals surface area (Å²) in [6, 6.07) is 119. The van der Waals surface area contributed by atoms with Gasteiger partial charge in [-0.15, -0.1) is 13.2 Å². The second kappa shape index (κ2) is 50.2. The molecule has 0 spiro atoms. The molecular weight excluding hydrogens is 1780 g/mol. The zero-order chi connectivity index (χ0) is 102. The summed E-state index contributed by atoms with van der Waals surface area (Å²) in [4.78, 5) is 5.16. The van der Waals surface area contributed by atoms with Gasteiger partial charge in [-0.1, -0.05) is 463 Å². The van der Waals surface area contributed by atoms with E-state index in [4.69, 9.17) is 0 Å². The molecule has 14 aromatic carbocycles. The standard InChI is InChI=1S/C146H172N2/c1-13-21-29-35-39-47-93-144(94-48-40-36-30-22-14-2)137-102-116(70-86-129(137)130-87-71-117(103-138(130)144)118-72-88-134-133-84-64-110(12)98-141(133)146(142(134)104-118,119-57-51-55-111(99-119)53-43-33-25-17-5)120-58-52-56-112(100-120)54-44-34-26-18-6)114-67-79-124(80-68-114)148(122-75-61-108(10)62-76-122)126-82-90-132-131-89-81-125(105-139(131)145(140(132)106-126,95-49-41-37-31-23-15-3)96-50-42-38-32-24-16-4)147(121-73-59-107(9)60-74-121)123-77-65-113(66-78-123)115-69-85-128-127-83-63-109(11)97-135(127)143(136(128)101-115,91-45-27-19-7)92-46-28-20-8/h19-20,51-52,55-90,97-106H,7-8,13-18,21-50,53-54,91-96H2,1-6,9-12H3. The van der Waals surface area contributed by atoms with Crippen LogP contribution in [-0.2, 0) is 34.5 Å². The Morgan fingerprint density at radius 2 is 0.439 bits per heavy atom. The largest absolute Gasteiger partial charge is 0.310 e. The fraction of sp³-hybridized carbons (Fsp3) is 0.397. The Balaban J connectivity index is 0.724. The van der Waals surface area contributed by atoms with Gasteiger partial charge in [-0.25, -0.2) is 0 Å². The van der Waals surface area contributed by atoms with Crippen LogP contribution in [0.5, 0.6) is 0 Å². The fourth-order valence-electron chi connectivity index (χ4n) is 27.0. The Morgan fingerprint density at radius 3 is 0.777 bits per heavy atom. The lowest BCUT2D eigenvalue weighted by molar-refractivity contribution is 0.398. The number of allylic oxidation sites excluding steroid dienone is 2. The minimum atomic E-state index is -0.518. The van der Waals surface area contributed by atoms with Gasteiger partial charge in [0.1, 0.15) is 0 Å². The number of rotatable bonds is 57. The molecule has 18 rings (SSSR count). The topological polar surface area (TPSA) is 6.48 Å². The molecule has 766 valence electrons. The molecule has 4 aliphatic rings. The number of fused-ring (bicyclic) bond motifs is 12. The molecule has 148 heavy (non-hydrogen) atoms. The molecule has 14 aromatic rings. The van der Waals surface area contributed by atoms with Crippen LogP contribution in [0.25, 0.3) is 77.9 Å². The van der Waals surface area contributed by atoms with Gasteiger partial charge in [-0.3, -0.25) is 0 Å². The highest BCUT2D eigenvalue weighted by Gasteiger charge is 2.50. The van der Waals surface area contributed by atoms with Crippen LogP contribution in [-0.4, -0.2) is 0 Å². The van der Waals surface area contributed by atoms with E-state index in [0.717, 1.165) is 82.7 Å². The molecule has 2 heteroatoms. The third kappa shape index (κ3) is 22.6. The lowest BCUT2D eigenvalue weighted by atomic mass is 9.66. The molecule has 0 heterocycles. The van der Waals surface area contributed by atoms with Gasteiger partial charge in [-0.2, -0.15) is 0 Å². The Morgan fingerprint density at radius 1 is 0.203 bits per heavy atom. The quantitative estimate of drug-likeness (QED) is 0.0277. The van der Waals surface area contributed by atoms with Crippen molar-refractivity contribution in [2.45, 2.75) is 373 Å². The fourth-order valence-corrected chi connectivity index (χ4v) is 27.0. The van der Waals surface area contributed by atoms with Crippen molar-refractivity contribution in [3.8, 4) is 77.9 Å². The van der Waals surface area contributed by atoms with Gasteiger partial charge < -0.3 is 9.80 Å². The van der Waals surface area contributed by atoms with Crippen molar-refractivity contribution in [2.24, 2.45) is 0 Å². The highest BCUT2D eigenvalue weighted by Crippen LogP contribution is 2.63. The van der Waals surface area contributed by atoms with E-state index in [9.17, 15) is 0 Å². The first-order chi connectivity index (χ1) is 72.7. The van der Waals surface area contributed by atoms with E-state index in [1.54, 1.807) is 11.1 Å². The van der Waals surface area contributed by atoms with E-state index in [-0.39, 0.29) is 16.2 Å².